The molecule has 5 aromatic rings. The number of aromatic nitrogens is 1. The van der Waals surface area contributed by atoms with Gasteiger partial charge in [-0.05, 0) is 64.7 Å². The van der Waals surface area contributed by atoms with Gasteiger partial charge in [-0.15, -0.1) is 0 Å². The van der Waals surface area contributed by atoms with Gasteiger partial charge in [0.15, 0.2) is 0 Å². The van der Waals surface area contributed by atoms with E-state index in [4.69, 9.17) is 0 Å². The first-order valence-corrected chi connectivity index (χ1v) is 10.8. The van der Waals surface area contributed by atoms with E-state index in [1.54, 1.807) is 0 Å². The Morgan fingerprint density at radius 1 is 0.655 bits per heavy atom. The molecule has 0 saturated carbocycles. The molecule has 0 atom stereocenters. The van der Waals surface area contributed by atoms with E-state index in [-0.39, 0.29) is 5.41 Å². The molecule has 1 aliphatic carbocycles. The standard InChI is InChI=1S/C27H20BrN/c1-27(2)23-14-17(28)12-13-19(23)21-16-26-22(15-24(21)27)20-10-6-7-11-25(20)29(26)18-8-4-3-5-9-18/h3-16H,1-2H3. The normalized spacial score (nSPS) is 14.3. The molecule has 29 heavy (non-hydrogen) atoms. The summed E-state index contributed by atoms with van der Waals surface area (Å²) in [6.07, 6.45) is 0. The zero-order chi connectivity index (χ0) is 19.8. The van der Waals surface area contributed by atoms with Crippen molar-refractivity contribution in [3.8, 4) is 16.8 Å². The van der Waals surface area contributed by atoms with Crippen LogP contribution in [0.5, 0.6) is 0 Å². The maximum atomic E-state index is 3.67. The molecular weight excluding hydrogens is 418 g/mol. The Hall–Kier alpha value is -2.84. The molecule has 0 radical (unpaired) electrons. The lowest BCUT2D eigenvalue weighted by atomic mass is 9.82. The van der Waals surface area contributed by atoms with Gasteiger partial charge in [-0.3, -0.25) is 0 Å². The van der Waals surface area contributed by atoms with E-state index in [1.807, 2.05) is 0 Å². The van der Waals surface area contributed by atoms with Crippen molar-refractivity contribution < 1.29 is 0 Å². The number of hydrogen-bond donors (Lipinski definition) is 0. The summed E-state index contributed by atoms with van der Waals surface area (Å²) >= 11 is 3.67. The Labute approximate surface area is 178 Å². The molecule has 0 fully saturated rings. The first-order chi connectivity index (χ1) is 14.1. The van der Waals surface area contributed by atoms with Crippen molar-refractivity contribution in [3.63, 3.8) is 0 Å². The van der Waals surface area contributed by atoms with E-state index >= 15 is 0 Å². The second-order valence-corrected chi connectivity index (χ2v) is 9.33. The van der Waals surface area contributed by atoms with Crippen molar-refractivity contribution in [2.75, 3.05) is 0 Å². The highest BCUT2D eigenvalue weighted by Gasteiger charge is 2.36. The van der Waals surface area contributed by atoms with Gasteiger partial charge in [0.05, 0.1) is 11.0 Å². The van der Waals surface area contributed by atoms with Crippen LogP contribution in [-0.2, 0) is 5.41 Å². The molecule has 0 spiro atoms. The van der Waals surface area contributed by atoms with Crippen molar-refractivity contribution in [1.29, 1.82) is 0 Å². The van der Waals surface area contributed by atoms with E-state index in [0.717, 1.165) is 4.47 Å². The van der Waals surface area contributed by atoms with Crippen molar-refractivity contribution in [3.05, 3.63) is 101 Å². The summed E-state index contributed by atoms with van der Waals surface area (Å²) in [6, 6.07) is 30.9. The summed E-state index contributed by atoms with van der Waals surface area (Å²) in [7, 11) is 0. The third-order valence-electron chi connectivity index (χ3n) is 6.44. The van der Waals surface area contributed by atoms with Crippen LogP contribution < -0.4 is 0 Å². The summed E-state index contributed by atoms with van der Waals surface area (Å²) in [6.45, 7) is 4.68. The van der Waals surface area contributed by atoms with Crippen molar-refractivity contribution in [2.24, 2.45) is 0 Å². The maximum absolute atomic E-state index is 3.67. The fourth-order valence-corrected chi connectivity index (χ4v) is 5.38. The first kappa shape index (κ1) is 17.1. The smallest absolute Gasteiger partial charge is 0.0547 e. The van der Waals surface area contributed by atoms with E-state index in [0.29, 0.717) is 0 Å². The highest BCUT2D eigenvalue weighted by molar-refractivity contribution is 9.10. The van der Waals surface area contributed by atoms with Crippen molar-refractivity contribution in [1.82, 2.24) is 4.57 Å². The number of halogens is 1. The van der Waals surface area contributed by atoms with Crippen molar-refractivity contribution >= 4 is 37.7 Å². The van der Waals surface area contributed by atoms with E-state index < -0.39 is 0 Å². The van der Waals surface area contributed by atoms with Crippen molar-refractivity contribution in [2.45, 2.75) is 19.3 Å². The Kier molecular flexibility index (Phi) is 3.43. The van der Waals surface area contributed by atoms with Gasteiger partial charge in [0.2, 0.25) is 0 Å². The highest BCUT2D eigenvalue weighted by Crippen LogP contribution is 2.51. The summed E-state index contributed by atoms with van der Waals surface area (Å²) in [4.78, 5) is 0. The third-order valence-corrected chi connectivity index (χ3v) is 6.94. The summed E-state index contributed by atoms with van der Waals surface area (Å²) in [5.74, 6) is 0. The maximum Gasteiger partial charge on any atom is 0.0547 e. The number of benzene rings is 4. The molecule has 0 aliphatic heterocycles. The second-order valence-electron chi connectivity index (χ2n) is 8.42. The van der Waals surface area contributed by atoms with Crippen LogP contribution in [-0.4, -0.2) is 4.57 Å². The van der Waals surface area contributed by atoms with Crippen LogP contribution in [0.3, 0.4) is 0 Å². The highest BCUT2D eigenvalue weighted by atomic mass is 79.9. The molecule has 0 unspecified atom stereocenters. The van der Waals surface area contributed by atoms with E-state index in [2.05, 4.69) is 119 Å². The lowest BCUT2D eigenvalue weighted by Gasteiger charge is -2.21. The summed E-state index contributed by atoms with van der Waals surface area (Å²) < 4.78 is 3.54. The molecule has 1 aliphatic rings. The van der Waals surface area contributed by atoms with Gasteiger partial charge in [-0.25, -0.2) is 0 Å². The van der Waals surface area contributed by atoms with Gasteiger partial charge >= 0.3 is 0 Å². The van der Waals surface area contributed by atoms with E-state index in [1.165, 1.54) is 49.7 Å². The summed E-state index contributed by atoms with van der Waals surface area (Å²) in [5.41, 5.74) is 9.21. The molecule has 0 amide bonds. The Morgan fingerprint density at radius 3 is 2.21 bits per heavy atom. The molecule has 2 heteroatoms. The quantitative estimate of drug-likeness (QED) is 0.251. The average molecular weight is 438 g/mol. The van der Waals surface area contributed by atoms with Gasteiger partial charge in [0.25, 0.3) is 0 Å². The monoisotopic (exact) mass is 437 g/mol. The molecule has 0 bridgehead atoms. The molecule has 0 saturated heterocycles. The molecular formula is C27H20BrN. The van der Waals surface area contributed by atoms with Crippen LogP contribution in [0.15, 0.2) is 89.4 Å². The fourth-order valence-electron chi connectivity index (χ4n) is 5.02. The zero-order valence-corrected chi connectivity index (χ0v) is 18.0. The predicted octanol–water partition coefficient (Wildman–Crippen LogP) is 7.85. The lowest BCUT2D eigenvalue weighted by molar-refractivity contribution is 0.661. The van der Waals surface area contributed by atoms with Crippen LogP contribution in [0.1, 0.15) is 25.0 Å². The zero-order valence-electron chi connectivity index (χ0n) is 16.4. The topological polar surface area (TPSA) is 4.93 Å². The number of hydrogen-bond acceptors (Lipinski definition) is 0. The minimum atomic E-state index is -0.0153. The van der Waals surface area contributed by atoms with Crippen LogP contribution in [0, 0.1) is 0 Å². The van der Waals surface area contributed by atoms with Gasteiger partial charge in [-0.2, -0.15) is 0 Å². The van der Waals surface area contributed by atoms with Gasteiger partial charge in [0, 0.05) is 26.3 Å². The van der Waals surface area contributed by atoms with Crippen LogP contribution in [0.25, 0.3) is 38.6 Å². The number of rotatable bonds is 1. The Morgan fingerprint density at radius 2 is 1.38 bits per heavy atom. The number of fused-ring (bicyclic) bond motifs is 6. The molecule has 1 nitrogen and oxygen atoms in total. The molecule has 140 valence electrons. The lowest BCUT2D eigenvalue weighted by Crippen LogP contribution is -2.14. The SMILES string of the molecule is CC1(C)c2cc(Br)ccc2-c2cc3c(cc21)c1ccccc1n3-c1ccccc1. The van der Waals surface area contributed by atoms with Crippen LogP contribution >= 0.6 is 15.9 Å². The fraction of sp³-hybridized carbons (Fsp3) is 0.111. The molecule has 1 heterocycles. The third kappa shape index (κ3) is 2.27. The molecule has 1 aromatic heterocycles. The minimum absolute atomic E-state index is 0.0153. The molecule has 0 N–H and O–H groups in total. The minimum Gasteiger partial charge on any atom is -0.309 e. The predicted molar refractivity (Wildman–Crippen MR) is 126 cm³/mol. The Balaban J connectivity index is 1.78. The molecule has 6 rings (SSSR count). The summed E-state index contributed by atoms with van der Waals surface area (Å²) in [5, 5.41) is 2.63. The second kappa shape index (κ2) is 5.84. The van der Waals surface area contributed by atoms with Gasteiger partial charge < -0.3 is 4.57 Å². The van der Waals surface area contributed by atoms with E-state index in [9.17, 15) is 0 Å². The van der Waals surface area contributed by atoms with Crippen LogP contribution in [0.4, 0.5) is 0 Å². The average Bonchev–Trinajstić information content (AvgIpc) is 3.17. The van der Waals surface area contributed by atoms with Gasteiger partial charge in [0.1, 0.15) is 0 Å². The van der Waals surface area contributed by atoms with Gasteiger partial charge in [-0.1, -0.05) is 72.2 Å². The molecule has 4 aromatic carbocycles. The first-order valence-electron chi connectivity index (χ1n) is 9.99. The number of para-hydroxylation sites is 2. The van der Waals surface area contributed by atoms with Crippen LogP contribution in [0.2, 0.25) is 0 Å². The largest absolute Gasteiger partial charge is 0.309 e. The Bertz CT molecular complexity index is 1420. The number of nitrogens with zero attached hydrogens (tertiary/aromatic N) is 1.